The van der Waals surface area contributed by atoms with E-state index in [1.807, 2.05) is 0 Å². The monoisotopic (exact) mass is 84.0 g/mol. The summed E-state index contributed by atoms with van der Waals surface area (Å²) in [4.78, 5) is 13.1. The third kappa shape index (κ3) is 0.381. The summed E-state index contributed by atoms with van der Waals surface area (Å²) in [5.74, 6) is -0.324. The van der Waals surface area contributed by atoms with Gasteiger partial charge in [-0.25, -0.2) is 0 Å². The Labute approximate surface area is 34.6 Å². The van der Waals surface area contributed by atoms with Gasteiger partial charge in [0, 0.05) is 0 Å². The first-order valence-electron chi connectivity index (χ1n) is 1.45. The Balaban J connectivity index is 2.59. The largest absolute Gasteiger partial charge is 0.465 e. The van der Waals surface area contributed by atoms with E-state index in [0.717, 1.165) is 13.0 Å². The topological polar surface area (TPSA) is 38.7 Å². The van der Waals surface area contributed by atoms with Crippen LogP contribution in [0.15, 0.2) is 4.99 Å². The normalized spacial score (nSPS) is 18.3. The molecule has 1 amide bonds. The molecule has 0 saturated carbocycles. The van der Waals surface area contributed by atoms with Crippen molar-refractivity contribution in [3.63, 3.8) is 0 Å². The molecule has 0 saturated heterocycles. The zero-order valence-electron chi connectivity index (χ0n) is 2.92. The van der Waals surface area contributed by atoms with E-state index >= 15 is 0 Å². The molecule has 31 valence electrons. The number of carbonyl (C=O) groups excluding carboxylic acids is 1. The van der Waals surface area contributed by atoms with E-state index in [0.29, 0.717) is 0 Å². The molecule has 0 N–H and O–H groups in total. The van der Waals surface area contributed by atoms with Gasteiger partial charge in [-0.3, -0.25) is 4.79 Å². The summed E-state index contributed by atoms with van der Waals surface area (Å²) < 4.78 is 4.29. The second-order valence-corrected chi connectivity index (χ2v) is 0.827. The molecule has 3 nitrogen and oxygen atoms in total. The second-order valence-electron chi connectivity index (χ2n) is 0.827. The maximum absolute atomic E-state index is 9.86. The van der Waals surface area contributed by atoms with Gasteiger partial charge in [0.2, 0.25) is 6.61 Å². The molecule has 0 fully saturated rings. The fraction of sp³-hybridized carbons (Fsp3) is 0. The first kappa shape index (κ1) is 3.33. The predicted octanol–water partition coefficient (Wildman–Crippen LogP) is -0.267. The third-order valence-corrected chi connectivity index (χ3v) is 0.410. The van der Waals surface area contributed by atoms with E-state index in [-0.39, 0.29) is 5.91 Å². The van der Waals surface area contributed by atoms with E-state index in [2.05, 4.69) is 9.73 Å². The van der Waals surface area contributed by atoms with Crippen molar-refractivity contribution in [2.45, 2.75) is 0 Å². The highest BCUT2D eigenvalue weighted by Crippen LogP contribution is 1.89. The second kappa shape index (κ2) is 1.08. The Kier molecular flexibility index (Phi) is 0.602. The van der Waals surface area contributed by atoms with Crippen LogP contribution in [0, 0.1) is 6.61 Å². The molecule has 1 radical (unpaired) electrons. The molecule has 1 aliphatic rings. The minimum absolute atomic E-state index is 0.324. The highest BCUT2D eigenvalue weighted by Gasteiger charge is 2.02. The molecule has 1 aliphatic heterocycles. The van der Waals surface area contributed by atoms with Crippen molar-refractivity contribution in [1.29, 1.82) is 0 Å². The lowest BCUT2D eigenvalue weighted by atomic mass is 10.7. The average Bonchev–Trinajstić information content (AvgIpc) is 1.86. The van der Waals surface area contributed by atoms with E-state index in [1.54, 1.807) is 0 Å². The molecule has 0 spiro atoms. The Hall–Kier alpha value is -0.860. The van der Waals surface area contributed by atoms with Gasteiger partial charge in [0.05, 0.1) is 0 Å². The van der Waals surface area contributed by atoms with Gasteiger partial charge < -0.3 is 4.74 Å². The van der Waals surface area contributed by atoms with Crippen LogP contribution in [0.2, 0.25) is 0 Å². The summed E-state index contributed by atoms with van der Waals surface area (Å²) in [5.41, 5.74) is 0. The number of ether oxygens (including phenoxy) is 1. The molecule has 0 unspecified atom stereocenters. The minimum atomic E-state index is -0.324. The van der Waals surface area contributed by atoms with Crippen LogP contribution in [0.4, 0.5) is 0 Å². The van der Waals surface area contributed by atoms with Crippen LogP contribution in [0.1, 0.15) is 0 Å². The lowest BCUT2D eigenvalue weighted by Gasteiger charge is -1.73. The third-order valence-electron chi connectivity index (χ3n) is 0.410. The number of nitrogens with zero attached hydrogens (tertiary/aromatic N) is 1. The molecule has 0 aromatic heterocycles. The summed E-state index contributed by atoms with van der Waals surface area (Å²) in [7, 11) is 0. The first-order valence-corrected chi connectivity index (χ1v) is 1.45. The van der Waals surface area contributed by atoms with Crippen molar-refractivity contribution >= 4 is 12.3 Å². The molecule has 1 heterocycles. The van der Waals surface area contributed by atoms with E-state index in [9.17, 15) is 4.79 Å². The van der Waals surface area contributed by atoms with Gasteiger partial charge in [-0.15, -0.1) is 0 Å². The van der Waals surface area contributed by atoms with E-state index < -0.39 is 0 Å². The number of rotatable bonds is 0. The molecule has 0 bridgehead atoms. The fourth-order valence-electron chi connectivity index (χ4n) is 0.201. The number of hydrogen-bond acceptors (Lipinski definition) is 2. The lowest BCUT2D eigenvalue weighted by molar-refractivity contribution is -0.115. The van der Waals surface area contributed by atoms with Gasteiger partial charge in [0.25, 0.3) is 5.91 Å². The summed E-state index contributed by atoms with van der Waals surface area (Å²) in [6.45, 7) is 1.04. The van der Waals surface area contributed by atoms with Crippen LogP contribution in [-0.2, 0) is 9.53 Å². The highest BCUT2D eigenvalue weighted by molar-refractivity contribution is 5.93. The molecule has 0 atom stereocenters. The maximum atomic E-state index is 9.86. The van der Waals surface area contributed by atoms with Crippen LogP contribution in [0.25, 0.3) is 0 Å². The molecule has 3 heteroatoms. The summed E-state index contributed by atoms with van der Waals surface area (Å²) in [6.07, 6.45) is 1.10. The van der Waals surface area contributed by atoms with Gasteiger partial charge in [-0.1, -0.05) is 0 Å². The van der Waals surface area contributed by atoms with Gasteiger partial charge in [-0.2, -0.15) is 4.99 Å². The summed E-state index contributed by atoms with van der Waals surface area (Å²) in [6, 6.07) is 0. The number of aliphatic imine (C=N–C) groups is 1. The molecular formula is C3H2NO2. The Morgan fingerprint density at radius 3 is 2.83 bits per heavy atom. The molecular weight excluding hydrogens is 82.0 g/mol. The van der Waals surface area contributed by atoms with Crippen molar-refractivity contribution in [2.24, 2.45) is 4.99 Å². The van der Waals surface area contributed by atoms with Crippen molar-refractivity contribution in [3.05, 3.63) is 6.61 Å². The fourth-order valence-corrected chi connectivity index (χ4v) is 0.201. The zero-order valence-corrected chi connectivity index (χ0v) is 2.92. The Morgan fingerprint density at radius 1 is 1.83 bits per heavy atom. The van der Waals surface area contributed by atoms with Crippen LogP contribution >= 0.6 is 0 Å². The van der Waals surface area contributed by atoms with Crippen LogP contribution < -0.4 is 0 Å². The molecule has 0 aromatic rings. The molecule has 0 aliphatic carbocycles. The molecule has 6 heavy (non-hydrogen) atoms. The van der Waals surface area contributed by atoms with Crippen LogP contribution in [-0.4, -0.2) is 12.3 Å². The molecule has 1 rings (SSSR count). The van der Waals surface area contributed by atoms with Gasteiger partial charge in [-0.05, 0) is 0 Å². The first-order chi connectivity index (χ1) is 2.89. The zero-order chi connectivity index (χ0) is 4.41. The van der Waals surface area contributed by atoms with E-state index in [1.165, 1.54) is 0 Å². The van der Waals surface area contributed by atoms with Crippen molar-refractivity contribution in [2.75, 3.05) is 0 Å². The van der Waals surface area contributed by atoms with E-state index in [4.69, 9.17) is 0 Å². The Morgan fingerprint density at radius 2 is 2.67 bits per heavy atom. The lowest BCUT2D eigenvalue weighted by Crippen LogP contribution is -1.83. The smallest absolute Gasteiger partial charge is 0.294 e. The Bertz CT molecular complexity index is 97.0. The standard InChI is InChI=1S/C3H2NO2/c5-3-1-6-2-4-3/h1-2H. The van der Waals surface area contributed by atoms with Crippen molar-refractivity contribution in [1.82, 2.24) is 0 Å². The number of amides is 1. The summed E-state index contributed by atoms with van der Waals surface area (Å²) in [5, 5.41) is 0. The maximum Gasteiger partial charge on any atom is 0.294 e. The van der Waals surface area contributed by atoms with Gasteiger partial charge >= 0.3 is 0 Å². The van der Waals surface area contributed by atoms with Gasteiger partial charge in [0.1, 0.15) is 0 Å². The minimum Gasteiger partial charge on any atom is -0.465 e. The quantitative estimate of drug-likeness (QED) is 0.405. The number of carbonyl (C=O) groups is 1. The average molecular weight is 84.1 g/mol. The van der Waals surface area contributed by atoms with Crippen molar-refractivity contribution < 1.29 is 9.53 Å². The highest BCUT2D eigenvalue weighted by atomic mass is 16.5. The number of hydrogen-bond donors (Lipinski definition) is 0. The predicted molar refractivity (Wildman–Crippen MR) is 18.9 cm³/mol. The van der Waals surface area contributed by atoms with Crippen LogP contribution in [0.5, 0.6) is 0 Å². The van der Waals surface area contributed by atoms with Crippen molar-refractivity contribution in [3.8, 4) is 0 Å². The SMILES string of the molecule is O=C1[CH]OC=N1. The molecule has 0 aromatic carbocycles. The van der Waals surface area contributed by atoms with Gasteiger partial charge in [0.15, 0.2) is 6.40 Å². The summed E-state index contributed by atoms with van der Waals surface area (Å²) >= 11 is 0. The van der Waals surface area contributed by atoms with Crippen LogP contribution in [0.3, 0.4) is 0 Å².